The van der Waals surface area contributed by atoms with E-state index in [0.29, 0.717) is 5.76 Å². The number of fused-ring (bicyclic) bond motifs is 1. The van der Waals surface area contributed by atoms with Crippen LogP contribution in [0.4, 0.5) is 5.69 Å². The van der Waals surface area contributed by atoms with Gasteiger partial charge in [0.1, 0.15) is 11.6 Å². The van der Waals surface area contributed by atoms with E-state index < -0.39 is 0 Å². The van der Waals surface area contributed by atoms with Gasteiger partial charge in [-0.2, -0.15) is 0 Å². The molecule has 0 spiro atoms. The van der Waals surface area contributed by atoms with Crippen molar-refractivity contribution < 1.29 is 9.21 Å². The van der Waals surface area contributed by atoms with Crippen LogP contribution in [-0.4, -0.2) is 33.4 Å². The molecule has 6 heteroatoms. The van der Waals surface area contributed by atoms with E-state index in [1.54, 1.807) is 0 Å². The number of amides is 1. The quantitative estimate of drug-likeness (QED) is 0.628. The van der Waals surface area contributed by atoms with E-state index in [2.05, 4.69) is 33.6 Å². The maximum absolute atomic E-state index is 12.8. The number of benzene rings is 1. The molecule has 4 rings (SSSR count). The topological polar surface area (TPSA) is 63.3 Å². The number of furan rings is 1. The molecule has 29 heavy (non-hydrogen) atoms. The summed E-state index contributed by atoms with van der Waals surface area (Å²) in [6.07, 6.45) is 4.35. The smallest absolute Gasteiger partial charge is 0.291 e. The van der Waals surface area contributed by atoms with Crippen molar-refractivity contribution in [1.29, 1.82) is 0 Å². The number of carbonyl (C=O) groups excluding carboxylic acids is 1. The van der Waals surface area contributed by atoms with Gasteiger partial charge in [0, 0.05) is 30.8 Å². The summed E-state index contributed by atoms with van der Waals surface area (Å²) in [6, 6.07) is 7.80. The van der Waals surface area contributed by atoms with Crippen LogP contribution in [0, 0.1) is 6.92 Å². The monoisotopic (exact) mass is 394 g/mol. The lowest BCUT2D eigenvalue weighted by atomic mass is 10.2. The molecule has 1 aliphatic rings. The number of carbonyl (C=O) groups is 1. The molecule has 6 nitrogen and oxygen atoms in total. The Labute approximate surface area is 171 Å². The third-order valence-electron chi connectivity index (χ3n) is 5.68. The van der Waals surface area contributed by atoms with Gasteiger partial charge in [0.05, 0.1) is 11.0 Å². The predicted molar refractivity (Wildman–Crippen MR) is 115 cm³/mol. The van der Waals surface area contributed by atoms with E-state index in [1.807, 2.05) is 31.2 Å². The molecular weight excluding hydrogens is 364 g/mol. The third kappa shape index (κ3) is 4.08. The molecule has 2 aromatic heterocycles. The average Bonchev–Trinajstić information content (AvgIpc) is 3.42. The summed E-state index contributed by atoms with van der Waals surface area (Å²) in [5.41, 5.74) is 3.86. The first-order valence-electron chi connectivity index (χ1n) is 10.7. The molecule has 1 N–H and O–H groups in total. The summed E-state index contributed by atoms with van der Waals surface area (Å²) in [5, 5.41) is 2.97. The summed E-state index contributed by atoms with van der Waals surface area (Å²) < 4.78 is 8.11. The molecule has 0 saturated carbocycles. The van der Waals surface area contributed by atoms with E-state index in [4.69, 9.17) is 4.42 Å². The van der Waals surface area contributed by atoms with Crippen molar-refractivity contribution in [1.82, 2.24) is 14.5 Å². The number of imidazole rings is 1. The van der Waals surface area contributed by atoms with E-state index >= 15 is 0 Å². The molecule has 154 valence electrons. The molecule has 1 amide bonds. The molecule has 1 saturated heterocycles. The standard InChI is InChI=1S/C23H30N4O2/c1-4-10-27-16(3)24-19-14-18(8-9-20(19)27)25-23(28)22-13-17(21(5-2)29-22)15-26-11-6-7-12-26/h8-9,13-14H,4-7,10-12,15H2,1-3H3,(H,25,28). The Morgan fingerprint density at radius 1 is 1.21 bits per heavy atom. The van der Waals surface area contributed by atoms with E-state index in [-0.39, 0.29) is 5.91 Å². The molecule has 3 heterocycles. The number of likely N-dealkylation sites (tertiary alicyclic amines) is 1. The minimum atomic E-state index is -0.212. The normalized spacial score (nSPS) is 14.7. The van der Waals surface area contributed by atoms with Crippen LogP contribution >= 0.6 is 0 Å². The van der Waals surface area contributed by atoms with Crippen LogP contribution in [0.2, 0.25) is 0 Å². The molecular formula is C23H30N4O2. The van der Waals surface area contributed by atoms with E-state index in [9.17, 15) is 4.79 Å². The minimum absolute atomic E-state index is 0.212. The minimum Gasteiger partial charge on any atom is -0.456 e. The molecule has 0 atom stereocenters. The number of hydrogen-bond donors (Lipinski definition) is 1. The number of aromatic nitrogens is 2. The number of hydrogen-bond acceptors (Lipinski definition) is 4. The first-order chi connectivity index (χ1) is 14.1. The zero-order valence-corrected chi connectivity index (χ0v) is 17.6. The van der Waals surface area contributed by atoms with Crippen LogP contribution in [0.1, 0.15) is 60.8 Å². The Balaban J connectivity index is 1.52. The van der Waals surface area contributed by atoms with Crippen LogP contribution in [0.5, 0.6) is 0 Å². The fourth-order valence-corrected chi connectivity index (χ4v) is 4.22. The largest absolute Gasteiger partial charge is 0.456 e. The van der Waals surface area contributed by atoms with Gasteiger partial charge < -0.3 is 14.3 Å². The van der Waals surface area contributed by atoms with Crippen molar-refractivity contribution in [3.05, 3.63) is 47.2 Å². The van der Waals surface area contributed by atoms with Gasteiger partial charge in [0.2, 0.25) is 0 Å². The summed E-state index contributed by atoms with van der Waals surface area (Å²) in [7, 11) is 0. The molecule has 1 fully saturated rings. The van der Waals surface area contributed by atoms with Crippen LogP contribution < -0.4 is 5.32 Å². The lowest BCUT2D eigenvalue weighted by molar-refractivity contribution is 0.0995. The van der Waals surface area contributed by atoms with Gasteiger partial charge in [-0.15, -0.1) is 0 Å². The zero-order valence-electron chi connectivity index (χ0n) is 17.6. The van der Waals surface area contributed by atoms with Crippen LogP contribution in [-0.2, 0) is 19.5 Å². The number of nitrogens with zero attached hydrogens (tertiary/aromatic N) is 3. The fourth-order valence-electron chi connectivity index (χ4n) is 4.22. The highest BCUT2D eigenvalue weighted by Gasteiger charge is 2.20. The number of aryl methyl sites for hydroxylation is 3. The first-order valence-corrected chi connectivity index (χ1v) is 10.7. The van der Waals surface area contributed by atoms with Crippen LogP contribution in [0.3, 0.4) is 0 Å². The Hall–Kier alpha value is -2.60. The molecule has 1 aliphatic heterocycles. The van der Waals surface area contributed by atoms with Gasteiger partial charge >= 0.3 is 0 Å². The van der Waals surface area contributed by atoms with Gasteiger partial charge in [-0.1, -0.05) is 13.8 Å². The van der Waals surface area contributed by atoms with Crippen molar-refractivity contribution in [2.45, 2.75) is 59.5 Å². The van der Waals surface area contributed by atoms with Gasteiger partial charge in [0.15, 0.2) is 5.76 Å². The van der Waals surface area contributed by atoms with E-state index in [1.165, 1.54) is 12.8 Å². The second kappa shape index (κ2) is 8.41. The number of rotatable bonds is 7. The zero-order chi connectivity index (χ0) is 20.4. The lowest BCUT2D eigenvalue weighted by Crippen LogP contribution is -2.18. The van der Waals surface area contributed by atoms with Crippen molar-refractivity contribution in [3.8, 4) is 0 Å². The predicted octanol–water partition coefficient (Wildman–Crippen LogP) is 4.76. The highest BCUT2D eigenvalue weighted by molar-refractivity contribution is 6.03. The van der Waals surface area contributed by atoms with Crippen molar-refractivity contribution in [2.75, 3.05) is 18.4 Å². The summed E-state index contributed by atoms with van der Waals surface area (Å²) in [4.78, 5) is 19.9. The Bertz CT molecular complexity index is 1010. The van der Waals surface area contributed by atoms with E-state index in [0.717, 1.165) is 72.9 Å². The molecule has 0 radical (unpaired) electrons. The highest BCUT2D eigenvalue weighted by atomic mass is 16.4. The molecule has 3 aromatic rings. The lowest BCUT2D eigenvalue weighted by Gasteiger charge is -2.13. The Morgan fingerprint density at radius 2 is 2.00 bits per heavy atom. The fraction of sp³-hybridized carbons (Fsp3) is 0.478. The van der Waals surface area contributed by atoms with Crippen molar-refractivity contribution in [2.24, 2.45) is 0 Å². The number of nitrogens with one attached hydrogen (secondary N) is 1. The summed E-state index contributed by atoms with van der Waals surface area (Å²) in [5.74, 6) is 2.07. The maximum atomic E-state index is 12.8. The van der Waals surface area contributed by atoms with Gasteiger partial charge in [-0.3, -0.25) is 9.69 Å². The number of anilines is 1. The van der Waals surface area contributed by atoms with Crippen LogP contribution in [0.15, 0.2) is 28.7 Å². The van der Waals surface area contributed by atoms with Gasteiger partial charge in [-0.05, 0) is 63.5 Å². The second-order valence-corrected chi connectivity index (χ2v) is 7.86. The highest BCUT2D eigenvalue weighted by Crippen LogP contribution is 2.24. The average molecular weight is 395 g/mol. The SMILES string of the molecule is CCCn1c(C)nc2cc(NC(=O)c3cc(CN4CCCC4)c(CC)o3)ccc21. The Kier molecular flexibility index (Phi) is 5.72. The summed E-state index contributed by atoms with van der Waals surface area (Å²) >= 11 is 0. The molecule has 0 bridgehead atoms. The van der Waals surface area contributed by atoms with Crippen LogP contribution in [0.25, 0.3) is 11.0 Å². The van der Waals surface area contributed by atoms with Gasteiger partial charge in [-0.25, -0.2) is 4.98 Å². The molecule has 0 aliphatic carbocycles. The Morgan fingerprint density at radius 3 is 2.72 bits per heavy atom. The van der Waals surface area contributed by atoms with Crippen molar-refractivity contribution in [3.63, 3.8) is 0 Å². The third-order valence-corrected chi connectivity index (χ3v) is 5.68. The molecule has 1 aromatic carbocycles. The molecule has 0 unspecified atom stereocenters. The van der Waals surface area contributed by atoms with Crippen molar-refractivity contribution >= 4 is 22.6 Å². The van der Waals surface area contributed by atoms with Gasteiger partial charge in [0.25, 0.3) is 5.91 Å². The first kappa shape index (κ1) is 19.7. The maximum Gasteiger partial charge on any atom is 0.291 e. The summed E-state index contributed by atoms with van der Waals surface area (Å²) in [6.45, 7) is 10.3. The second-order valence-electron chi connectivity index (χ2n) is 7.86.